The van der Waals surface area contributed by atoms with Crippen LogP contribution in [0.3, 0.4) is 0 Å². The van der Waals surface area contributed by atoms with E-state index in [9.17, 15) is 26.3 Å². The van der Waals surface area contributed by atoms with Gasteiger partial charge in [0.1, 0.15) is 34.5 Å². The van der Waals surface area contributed by atoms with Gasteiger partial charge in [-0.05, 0) is 124 Å². The molecule has 0 aliphatic carbocycles. The summed E-state index contributed by atoms with van der Waals surface area (Å²) in [6.45, 7) is 16.8. The molecule has 0 atom stereocenters. The van der Waals surface area contributed by atoms with Crippen LogP contribution in [0, 0.1) is 0 Å². The van der Waals surface area contributed by atoms with Gasteiger partial charge in [-0.25, -0.2) is 0 Å². The zero-order valence-electron chi connectivity index (χ0n) is 36.2. The van der Waals surface area contributed by atoms with Gasteiger partial charge in [0, 0.05) is 5.56 Å². The quantitative estimate of drug-likeness (QED) is 0.122. The second-order valence-corrected chi connectivity index (χ2v) is 16.7. The first-order valence-electron chi connectivity index (χ1n) is 20.3. The van der Waals surface area contributed by atoms with Crippen LogP contribution in [-0.4, -0.2) is 12.7 Å². The maximum absolute atomic E-state index is 12.6. The highest BCUT2D eigenvalue weighted by Crippen LogP contribution is 2.37. The Labute approximate surface area is 360 Å². The van der Waals surface area contributed by atoms with E-state index in [-0.39, 0.29) is 22.3 Å². The van der Waals surface area contributed by atoms with Crippen LogP contribution in [-0.2, 0) is 17.3 Å². The summed E-state index contributed by atoms with van der Waals surface area (Å²) >= 11 is 0. The summed E-state index contributed by atoms with van der Waals surface area (Å²) in [6.07, 6.45) is -3.84. The Morgan fingerprint density at radius 1 is 0.468 bits per heavy atom. The number of hydrogen-bond acceptors (Lipinski definition) is 4. The Morgan fingerprint density at radius 2 is 0.887 bits per heavy atom. The highest BCUT2D eigenvalue weighted by Gasteiger charge is 2.32. The molecule has 0 saturated carbocycles. The summed E-state index contributed by atoms with van der Waals surface area (Å²) in [4.78, 5) is 0. The van der Waals surface area contributed by atoms with E-state index in [0.717, 1.165) is 52.0 Å². The van der Waals surface area contributed by atoms with Crippen LogP contribution in [0.15, 0.2) is 140 Å². The number of halogens is 6. The van der Waals surface area contributed by atoms with Gasteiger partial charge in [-0.2, -0.15) is 0 Å². The number of alkyl halides is 6. The SMILES string of the molecule is C/C=C/c1ccc(-c2cccc(OC(F)(F)F)c2)cc1Oc1cccc(C(C)(C)C)c1.CCCc1ccc(-c2cccc(OC(F)(F)F)c2)cc1Oc1cccc(C(C)(C)C)c1. The van der Waals surface area contributed by atoms with Crippen LogP contribution < -0.4 is 18.9 Å². The maximum Gasteiger partial charge on any atom is 0.573 e. The normalized spacial score (nSPS) is 12.1. The van der Waals surface area contributed by atoms with Crippen LogP contribution >= 0.6 is 0 Å². The molecule has 0 heterocycles. The zero-order chi connectivity index (χ0) is 45.3. The topological polar surface area (TPSA) is 36.9 Å². The highest BCUT2D eigenvalue weighted by atomic mass is 19.4. The van der Waals surface area contributed by atoms with Gasteiger partial charge in [0.2, 0.25) is 0 Å². The van der Waals surface area contributed by atoms with E-state index in [0.29, 0.717) is 28.4 Å². The zero-order valence-corrected chi connectivity index (χ0v) is 36.2. The molecule has 0 radical (unpaired) electrons. The third kappa shape index (κ3) is 13.9. The number of rotatable bonds is 11. The predicted octanol–water partition coefficient (Wildman–Crippen LogP) is 16.7. The van der Waals surface area contributed by atoms with Gasteiger partial charge >= 0.3 is 12.7 Å². The van der Waals surface area contributed by atoms with E-state index < -0.39 is 12.7 Å². The number of allylic oxidation sites excluding steroid dienone is 1. The average molecular weight is 855 g/mol. The van der Waals surface area contributed by atoms with Crippen molar-refractivity contribution in [1.29, 1.82) is 0 Å². The van der Waals surface area contributed by atoms with Crippen molar-refractivity contribution in [3.05, 3.63) is 162 Å². The number of hydrogen-bond donors (Lipinski definition) is 0. The molecule has 0 spiro atoms. The first kappa shape index (κ1) is 46.9. The molecule has 0 amide bonds. The predicted molar refractivity (Wildman–Crippen MR) is 236 cm³/mol. The number of aryl methyl sites for hydroxylation is 1. The van der Waals surface area contributed by atoms with E-state index in [1.165, 1.54) is 30.3 Å². The van der Waals surface area contributed by atoms with Crippen molar-refractivity contribution >= 4 is 6.08 Å². The molecule has 62 heavy (non-hydrogen) atoms. The van der Waals surface area contributed by atoms with Gasteiger partial charge in [0.05, 0.1) is 0 Å². The van der Waals surface area contributed by atoms with Crippen LogP contribution in [0.2, 0.25) is 0 Å². The van der Waals surface area contributed by atoms with E-state index in [4.69, 9.17) is 9.47 Å². The van der Waals surface area contributed by atoms with Crippen molar-refractivity contribution in [2.24, 2.45) is 0 Å². The van der Waals surface area contributed by atoms with Crippen LogP contribution in [0.25, 0.3) is 28.3 Å². The Morgan fingerprint density at radius 3 is 1.34 bits per heavy atom. The molecule has 326 valence electrons. The lowest BCUT2D eigenvalue weighted by Crippen LogP contribution is -2.17. The van der Waals surface area contributed by atoms with Gasteiger partial charge in [0.25, 0.3) is 0 Å². The molecule has 6 aromatic carbocycles. The van der Waals surface area contributed by atoms with Crippen molar-refractivity contribution in [1.82, 2.24) is 0 Å². The summed E-state index contributed by atoms with van der Waals surface area (Å²) in [6, 6.07) is 39.1. The van der Waals surface area contributed by atoms with E-state index >= 15 is 0 Å². The fourth-order valence-electron chi connectivity index (χ4n) is 6.48. The van der Waals surface area contributed by atoms with Crippen molar-refractivity contribution in [3.63, 3.8) is 0 Å². The first-order valence-corrected chi connectivity index (χ1v) is 20.3. The van der Waals surface area contributed by atoms with E-state index in [1.54, 1.807) is 18.2 Å². The molecule has 0 aliphatic heterocycles. The largest absolute Gasteiger partial charge is 0.573 e. The Hall–Kier alpha value is -6.16. The second kappa shape index (κ2) is 19.7. The molecule has 0 saturated heterocycles. The number of benzene rings is 6. The summed E-state index contributed by atoms with van der Waals surface area (Å²) < 4.78 is 96.1. The van der Waals surface area contributed by atoms with Crippen LogP contribution in [0.1, 0.15) is 84.1 Å². The van der Waals surface area contributed by atoms with E-state index in [1.807, 2.05) is 91.9 Å². The minimum Gasteiger partial charge on any atom is -0.457 e. The van der Waals surface area contributed by atoms with Gasteiger partial charge < -0.3 is 18.9 Å². The Bertz CT molecular complexity index is 2450. The third-order valence-electron chi connectivity index (χ3n) is 9.60. The minimum atomic E-state index is -4.74. The fraction of sp³-hybridized carbons (Fsp3) is 0.269. The first-order chi connectivity index (χ1) is 29.1. The van der Waals surface area contributed by atoms with Gasteiger partial charge in [-0.15, -0.1) is 26.3 Å². The standard InChI is InChI=1S/C26H27F3O2.C26H25F3O2/c2*1-5-8-18-13-14-20(19-9-6-12-23(15-19)31-26(27,28)29)16-24(18)30-22-11-7-10-21(17-22)25(2,3)4/h6-7,9-17H,5,8H2,1-4H3;5-17H,1-4H3/b;8-5+. The second-order valence-electron chi connectivity index (χ2n) is 16.7. The highest BCUT2D eigenvalue weighted by molar-refractivity contribution is 5.71. The van der Waals surface area contributed by atoms with E-state index in [2.05, 4.69) is 70.1 Å². The fourth-order valence-corrected chi connectivity index (χ4v) is 6.48. The molecule has 0 aliphatic rings. The monoisotopic (exact) mass is 854 g/mol. The van der Waals surface area contributed by atoms with Crippen LogP contribution in [0.4, 0.5) is 26.3 Å². The van der Waals surface area contributed by atoms with Gasteiger partial charge in [0.15, 0.2) is 0 Å². The summed E-state index contributed by atoms with van der Waals surface area (Å²) in [5, 5.41) is 0. The third-order valence-corrected chi connectivity index (χ3v) is 9.60. The Kier molecular flexibility index (Phi) is 14.9. The summed E-state index contributed by atoms with van der Waals surface area (Å²) in [7, 11) is 0. The lowest BCUT2D eigenvalue weighted by atomic mass is 9.87. The molecule has 0 fully saturated rings. The lowest BCUT2D eigenvalue weighted by Gasteiger charge is -2.20. The molecule has 4 nitrogen and oxygen atoms in total. The number of ether oxygens (including phenoxy) is 4. The molecular formula is C52H52F6O4. The molecular weight excluding hydrogens is 803 g/mol. The average Bonchev–Trinajstić information content (AvgIpc) is 3.18. The molecule has 0 N–H and O–H groups in total. The smallest absolute Gasteiger partial charge is 0.457 e. The van der Waals surface area contributed by atoms with Crippen molar-refractivity contribution < 1.29 is 45.3 Å². The van der Waals surface area contributed by atoms with Crippen molar-refractivity contribution in [3.8, 4) is 56.8 Å². The molecule has 6 rings (SSSR count). The summed E-state index contributed by atoms with van der Waals surface area (Å²) in [5.41, 5.74) is 6.90. The van der Waals surface area contributed by atoms with Crippen LogP contribution in [0.5, 0.6) is 34.5 Å². The molecule has 10 heteroatoms. The Balaban J connectivity index is 0.000000234. The van der Waals surface area contributed by atoms with Gasteiger partial charge in [-0.3, -0.25) is 0 Å². The van der Waals surface area contributed by atoms with Crippen molar-refractivity contribution in [2.45, 2.75) is 91.8 Å². The molecule has 0 aromatic heterocycles. The molecule has 0 bridgehead atoms. The summed E-state index contributed by atoms with van der Waals surface area (Å²) in [5.74, 6) is 2.24. The maximum atomic E-state index is 12.6. The van der Waals surface area contributed by atoms with Crippen molar-refractivity contribution in [2.75, 3.05) is 0 Å². The minimum absolute atomic E-state index is 0.00755. The van der Waals surface area contributed by atoms with Gasteiger partial charge in [-0.1, -0.05) is 140 Å². The molecule has 6 aromatic rings. The molecule has 0 unspecified atom stereocenters. The lowest BCUT2D eigenvalue weighted by molar-refractivity contribution is -0.275.